The second-order valence-electron chi connectivity index (χ2n) is 3.36. The van der Waals surface area contributed by atoms with Crippen molar-refractivity contribution < 1.29 is 0 Å². The molecule has 0 fully saturated rings. The minimum Gasteiger partial charge on any atom is -0.325 e. The normalized spacial score (nSPS) is 10.9. The molecule has 15 heavy (non-hydrogen) atoms. The number of hydrogen-bond donors (Lipinski definition) is 1. The van der Waals surface area contributed by atoms with Crippen LogP contribution in [0.25, 0.3) is 0 Å². The summed E-state index contributed by atoms with van der Waals surface area (Å²) < 4.78 is 1.76. The van der Waals surface area contributed by atoms with Crippen LogP contribution in [0.3, 0.4) is 0 Å². The molecule has 0 aliphatic heterocycles. The standard InChI is InChI=1S/C9H13N5S/c1-6-7(2)15-9(11-6)5-14-4-8(3-10)12-13-14/h4H,3,5,10H2,1-2H3. The number of aryl methyl sites for hydroxylation is 2. The number of rotatable bonds is 3. The van der Waals surface area contributed by atoms with Gasteiger partial charge in [0.2, 0.25) is 0 Å². The Morgan fingerprint density at radius 3 is 2.80 bits per heavy atom. The van der Waals surface area contributed by atoms with Crippen molar-refractivity contribution in [2.24, 2.45) is 5.73 Å². The first-order valence-electron chi connectivity index (χ1n) is 4.71. The van der Waals surface area contributed by atoms with Gasteiger partial charge in [0, 0.05) is 11.4 Å². The van der Waals surface area contributed by atoms with E-state index in [1.54, 1.807) is 16.0 Å². The Labute approximate surface area is 91.9 Å². The number of nitrogens with zero attached hydrogens (tertiary/aromatic N) is 4. The second-order valence-corrected chi connectivity index (χ2v) is 4.65. The third-order valence-electron chi connectivity index (χ3n) is 2.17. The molecule has 80 valence electrons. The van der Waals surface area contributed by atoms with Crippen LogP contribution in [-0.4, -0.2) is 20.0 Å². The molecule has 0 spiro atoms. The molecule has 0 aliphatic rings. The summed E-state index contributed by atoms with van der Waals surface area (Å²) >= 11 is 1.70. The van der Waals surface area contributed by atoms with Gasteiger partial charge in [-0.3, -0.25) is 0 Å². The maximum absolute atomic E-state index is 5.46. The fraction of sp³-hybridized carbons (Fsp3) is 0.444. The van der Waals surface area contributed by atoms with Gasteiger partial charge in [0.05, 0.1) is 24.1 Å². The van der Waals surface area contributed by atoms with Crippen molar-refractivity contribution in [3.8, 4) is 0 Å². The molecule has 2 aromatic rings. The van der Waals surface area contributed by atoms with E-state index < -0.39 is 0 Å². The molecule has 2 N–H and O–H groups in total. The van der Waals surface area contributed by atoms with Gasteiger partial charge in [-0.05, 0) is 13.8 Å². The van der Waals surface area contributed by atoms with Crippen molar-refractivity contribution in [1.82, 2.24) is 20.0 Å². The summed E-state index contributed by atoms with van der Waals surface area (Å²) in [5.41, 5.74) is 7.35. The quantitative estimate of drug-likeness (QED) is 0.837. The Bertz CT molecular complexity index is 439. The largest absolute Gasteiger partial charge is 0.325 e. The summed E-state index contributed by atoms with van der Waals surface area (Å²) in [6.45, 7) is 5.19. The van der Waals surface area contributed by atoms with Gasteiger partial charge in [-0.2, -0.15) is 0 Å². The van der Waals surface area contributed by atoms with E-state index >= 15 is 0 Å². The maximum atomic E-state index is 5.46. The topological polar surface area (TPSA) is 69.6 Å². The molecule has 0 saturated heterocycles. The number of thiazole rings is 1. The van der Waals surface area contributed by atoms with E-state index in [1.807, 2.05) is 13.1 Å². The lowest BCUT2D eigenvalue weighted by molar-refractivity contribution is 0.646. The molecule has 0 aliphatic carbocycles. The first-order valence-corrected chi connectivity index (χ1v) is 5.52. The van der Waals surface area contributed by atoms with Crippen LogP contribution in [0.4, 0.5) is 0 Å². The van der Waals surface area contributed by atoms with E-state index in [2.05, 4.69) is 22.2 Å². The molecule has 2 heterocycles. The van der Waals surface area contributed by atoms with Gasteiger partial charge < -0.3 is 5.73 Å². The zero-order chi connectivity index (χ0) is 10.8. The third kappa shape index (κ3) is 2.21. The first kappa shape index (κ1) is 10.3. The average molecular weight is 223 g/mol. The van der Waals surface area contributed by atoms with Crippen molar-refractivity contribution in [3.05, 3.63) is 27.5 Å². The van der Waals surface area contributed by atoms with Crippen molar-refractivity contribution in [2.75, 3.05) is 0 Å². The van der Waals surface area contributed by atoms with Gasteiger partial charge in [0.25, 0.3) is 0 Å². The molecule has 0 unspecified atom stereocenters. The number of hydrogen-bond acceptors (Lipinski definition) is 5. The van der Waals surface area contributed by atoms with E-state index in [0.717, 1.165) is 16.4 Å². The fourth-order valence-corrected chi connectivity index (χ4v) is 2.18. The van der Waals surface area contributed by atoms with E-state index in [9.17, 15) is 0 Å². The van der Waals surface area contributed by atoms with Gasteiger partial charge in [0.1, 0.15) is 5.01 Å². The molecular formula is C9H13N5S. The lowest BCUT2D eigenvalue weighted by atomic mass is 10.4. The highest BCUT2D eigenvalue weighted by molar-refractivity contribution is 7.11. The summed E-state index contributed by atoms with van der Waals surface area (Å²) in [5, 5.41) is 8.95. The molecular weight excluding hydrogens is 210 g/mol. The fourth-order valence-electron chi connectivity index (χ4n) is 1.25. The Balaban J connectivity index is 2.14. The van der Waals surface area contributed by atoms with Crippen molar-refractivity contribution in [2.45, 2.75) is 26.9 Å². The number of aromatic nitrogens is 4. The van der Waals surface area contributed by atoms with Gasteiger partial charge in [0.15, 0.2) is 0 Å². The minimum atomic E-state index is 0.427. The minimum absolute atomic E-state index is 0.427. The highest BCUT2D eigenvalue weighted by Gasteiger charge is 2.05. The molecule has 0 atom stereocenters. The summed E-state index contributed by atoms with van der Waals surface area (Å²) in [6, 6.07) is 0. The third-order valence-corrected chi connectivity index (χ3v) is 3.22. The second kappa shape index (κ2) is 4.08. The Morgan fingerprint density at radius 1 is 1.47 bits per heavy atom. The molecule has 0 aromatic carbocycles. The highest BCUT2D eigenvalue weighted by atomic mass is 32.1. The maximum Gasteiger partial charge on any atom is 0.115 e. The molecule has 2 aromatic heterocycles. The van der Waals surface area contributed by atoms with Crippen LogP contribution in [0, 0.1) is 13.8 Å². The van der Waals surface area contributed by atoms with E-state index in [1.165, 1.54) is 4.88 Å². The first-order chi connectivity index (χ1) is 7.19. The summed E-state index contributed by atoms with van der Waals surface area (Å²) in [4.78, 5) is 5.69. The van der Waals surface area contributed by atoms with Crippen molar-refractivity contribution in [1.29, 1.82) is 0 Å². The zero-order valence-electron chi connectivity index (χ0n) is 8.77. The van der Waals surface area contributed by atoms with Crippen molar-refractivity contribution >= 4 is 11.3 Å². The van der Waals surface area contributed by atoms with Crippen LogP contribution in [0.1, 0.15) is 21.3 Å². The molecule has 0 amide bonds. The number of nitrogens with two attached hydrogens (primary N) is 1. The van der Waals surface area contributed by atoms with E-state index in [0.29, 0.717) is 13.1 Å². The molecule has 0 bridgehead atoms. The molecule has 0 saturated carbocycles. The van der Waals surface area contributed by atoms with Gasteiger partial charge in [-0.1, -0.05) is 5.21 Å². The van der Waals surface area contributed by atoms with Gasteiger partial charge in [-0.15, -0.1) is 16.4 Å². The predicted octanol–water partition coefficient (Wildman–Crippen LogP) is 0.858. The van der Waals surface area contributed by atoms with E-state index in [-0.39, 0.29) is 0 Å². The molecule has 0 radical (unpaired) electrons. The Hall–Kier alpha value is -1.27. The molecule has 2 rings (SSSR count). The lowest BCUT2D eigenvalue weighted by Gasteiger charge is -1.93. The summed E-state index contributed by atoms with van der Waals surface area (Å²) in [6.07, 6.45) is 1.85. The van der Waals surface area contributed by atoms with Crippen LogP contribution in [0.2, 0.25) is 0 Å². The lowest BCUT2D eigenvalue weighted by Crippen LogP contribution is -2.00. The van der Waals surface area contributed by atoms with Crippen LogP contribution in [0.5, 0.6) is 0 Å². The van der Waals surface area contributed by atoms with Crippen LogP contribution < -0.4 is 5.73 Å². The predicted molar refractivity (Wildman–Crippen MR) is 58.6 cm³/mol. The molecule has 5 nitrogen and oxygen atoms in total. The van der Waals surface area contributed by atoms with Crippen molar-refractivity contribution in [3.63, 3.8) is 0 Å². The van der Waals surface area contributed by atoms with Gasteiger partial charge >= 0.3 is 0 Å². The zero-order valence-corrected chi connectivity index (χ0v) is 9.58. The van der Waals surface area contributed by atoms with E-state index in [4.69, 9.17) is 5.73 Å². The smallest absolute Gasteiger partial charge is 0.115 e. The summed E-state index contributed by atoms with van der Waals surface area (Å²) in [7, 11) is 0. The highest BCUT2D eigenvalue weighted by Crippen LogP contribution is 2.16. The molecule has 6 heteroatoms. The van der Waals surface area contributed by atoms with Gasteiger partial charge in [-0.25, -0.2) is 9.67 Å². The van der Waals surface area contributed by atoms with Crippen LogP contribution >= 0.6 is 11.3 Å². The monoisotopic (exact) mass is 223 g/mol. The van der Waals surface area contributed by atoms with Crippen LogP contribution in [-0.2, 0) is 13.1 Å². The Kier molecular flexibility index (Phi) is 2.79. The van der Waals surface area contributed by atoms with Crippen LogP contribution in [0.15, 0.2) is 6.20 Å². The SMILES string of the molecule is Cc1nc(Cn2cc(CN)nn2)sc1C. The summed E-state index contributed by atoms with van der Waals surface area (Å²) in [5.74, 6) is 0. The Morgan fingerprint density at radius 2 is 2.27 bits per heavy atom. The average Bonchev–Trinajstić information content (AvgIpc) is 2.76.